The fraction of sp³-hybridized carbons (Fsp3) is 0. The zero-order chi connectivity index (χ0) is 30.6. The van der Waals surface area contributed by atoms with Gasteiger partial charge in [-0.05, 0) is 74.1 Å². The van der Waals surface area contributed by atoms with E-state index in [4.69, 9.17) is 19.8 Å². The third-order valence-corrected chi connectivity index (χ3v) is 6.78. The molecular weight excluding hydrogens is 440 g/mol. The van der Waals surface area contributed by atoms with Crippen LogP contribution in [0.25, 0.3) is 76.7 Å². The normalized spacial score (nSPS) is 15.0. The van der Waals surface area contributed by atoms with E-state index in [-0.39, 0.29) is 51.3 Å². The number of rotatable bonds is 2. The van der Waals surface area contributed by atoms with Crippen LogP contribution in [0.1, 0.15) is 11.0 Å². The summed E-state index contributed by atoms with van der Waals surface area (Å²) in [5, 5.41) is 3.03. The zero-order valence-corrected chi connectivity index (χ0v) is 18.7. The van der Waals surface area contributed by atoms with Gasteiger partial charge in [0.2, 0.25) is 0 Å². The molecule has 8 rings (SSSR count). The van der Waals surface area contributed by atoms with Crippen molar-refractivity contribution in [3.63, 3.8) is 0 Å². The number of benzene rings is 6. The first-order valence-corrected chi connectivity index (χ1v) is 11.5. The summed E-state index contributed by atoms with van der Waals surface area (Å²) in [7, 11) is 0. The molecule has 0 saturated heterocycles. The van der Waals surface area contributed by atoms with Gasteiger partial charge in [0.25, 0.3) is 0 Å². The zero-order valence-electron chi connectivity index (χ0n) is 26.7. The molecule has 0 spiro atoms. The molecule has 0 bridgehead atoms. The molecular formula is C34H20O2. The maximum atomic E-state index is 9.11. The minimum atomic E-state index is -0.435. The van der Waals surface area contributed by atoms with Gasteiger partial charge < -0.3 is 8.83 Å². The van der Waals surface area contributed by atoms with Gasteiger partial charge in [0.15, 0.2) is 0 Å². The molecule has 2 aromatic heterocycles. The maximum Gasteiger partial charge on any atom is 0.145 e. The van der Waals surface area contributed by atoms with Crippen LogP contribution < -0.4 is 0 Å². The summed E-state index contributed by atoms with van der Waals surface area (Å²) in [5.74, 6) is 0. The first kappa shape index (κ1) is 13.3. The number of hydrogen-bond acceptors (Lipinski definition) is 2. The molecule has 0 saturated carbocycles. The lowest BCUT2D eigenvalue weighted by atomic mass is 9.86. The molecule has 2 heteroatoms. The summed E-state index contributed by atoms with van der Waals surface area (Å²) in [4.78, 5) is 0. The predicted molar refractivity (Wildman–Crippen MR) is 149 cm³/mol. The van der Waals surface area contributed by atoms with E-state index >= 15 is 0 Å². The van der Waals surface area contributed by atoms with E-state index in [0.717, 1.165) is 10.8 Å². The van der Waals surface area contributed by atoms with Crippen LogP contribution in [0.3, 0.4) is 0 Å². The Morgan fingerprint density at radius 2 is 1.19 bits per heavy atom. The second kappa shape index (κ2) is 7.34. The minimum Gasteiger partial charge on any atom is -0.464 e. The van der Waals surface area contributed by atoms with Crippen molar-refractivity contribution >= 4 is 54.5 Å². The van der Waals surface area contributed by atoms with Gasteiger partial charge in [0, 0.05) is 10.8 Å². The summed E-state index contributed by atoms with van der Waals surface area (Å²) >= 11 is 0. The summed E-state index contributed by atoms with van der Waals surface area (Å²) in [6, 6.07) is 17.0. The summed E-state index contributed by atoms with van der Waals surface area (Å²) in [5.41, 5.74) is 3.51. The fourth-order valence-electron chi connectivity index (χ4n) is 5.25. The number of hydrogen-bond donors (Lipinski definition) is 0. The largest absolute Gasteiger partial charge is 0.464 e. The molecule has 0 aliphatic rings. The molecule has 0 aliphatic heterocycles. The van der Waals surface area contributed by atoms with E-state index in [1.165, 1.54) is 0 Å². The second-order valence-corrected chi connectivity index (χ2v) is 8.71. The number of furan rings is 2. The molecule has 2 nitrogen and oxygen atoms in total. The Bertz CT molecular complexity index is 2450. The van der Waals surface area contributed by atoms with Crippen LogP contribution in [0.15, 0.2) is 130 Å². The molecule has 0 fully saturated rings. The standard InChI is InChI=1S/C34H20O2/c1-2-8-21(9-3-1)31-24-10-4-6-12-26(24)32(27-13-7-5-11-25(27)31)23-15-16-29-28(20-23)33-30(36-29)17-14-22-18-19-35-34(22)33/h1-20H/i4D,5D,6D,7D,10D,11D,12D,13D. The van der Waals surface area contributed by atoms with E-state index in [9.17, 15) is 0 Å². The van der Waals surface area contributed by atoms with Crippen LogP contribution in [-0.2, 0) is 0 Å². The molecule has 0 amide bonds. The SMILES string of the molecule is [2H]c1c([2H])c([2H])c2c(-c3ccc4oc5ccc6ccoc6c5c4c3)c3c([2H])c([2H])c([2H])c([2H])c3c(-c3ccccc3)c2c1[2H]. The molecule has 168 valence electrons. The van der Waals surface area contributed by atoms with E-state index in [0.29, 0.717) is 38.8 Å². The van der Waals surface area contributed by atoms with Crippen molar-refractivity contribution in [3.8, 4) is 22.3 Å². The van der Waals surface area contributed by atoms with Crippen molar-refractivity contribution in [2.75, 3.05) is 0 Å². The van der Waals surface area contributed by atoms with Crippen LogP contribution in [-0.4, -0.2) is 0 Å². The molecule has 6 aromatic carbocycles. The molecule has 0 atom stereocenters. The maximum absolute atomic E-state index is 9.11. The van der Waals surface area contributed by atoms with E-state index in [2.05, 4.69) is 0 Å². The Balaban J connectivity index is 1.67. The van der Waals surface area contributed by atoms with E-state index < -0.39 is 24.2 Å². The molecule has 0 unspecified atom stereocenters. The average molecular weight is 469 g/mol. The minimum absolute atomic E-state index is 0.169. The first-order valence-electron chi connectivity index (χ1n) is 15.5. The van der Waals surface area contributed by atoms with Crippen LogP contribution in [0, 0.1) is 0 Å². The lowest BCUT2D eigenvalue weighted by Gasteiger charge is -2.17. The first-order chi connectivity index (χ1) is 21.2. The highest BCUT2D eigenvalue weighted by Gasteiger charge is 2.18. The Morgan fingerprint density at radius 3 is 1.89 bits per heavy atom. The third-order valence-electron chi connectivity index (χ3n) is 6.78. The Labute approximate surface area is 218 Å². The Kier molecular flexibility index (Phi) is 2.71. The molecule has 0 radical (unpaired) electrons. The predicted octanol–water partition coefficient (Wildman–Crippen LogP) is 9.97. The monoisotopic (exact) mass is 468 g/mol. The summed E-state index contributed by atoms with van der Waals surface area (Å²) < 4.78 is 82.5. The summed E-state index contributed by atoms with van der Waals surface area (Å²) in [6.07, 6.45) is 1.60. The second-order valence-electron chi connectivity index (χ2n) is 8.71. The van der Waals surface area contributed by atoms with Gasteiger partial charge in [0.05, 0.1) is 22.6 Å². The van der Waals surface area contributed by atoms with Gasteiger partial charge in [-0.15, -0.1) is 0 Å². The van der Waals surface area contributed by atoms with Crippen molar-refractivity contribution in [1.29, 1.82) is 0 Å². The lowest BCUT2D eigenvalue weighted by molar-refractivity contribution is 0.618. The third kappa shape index (κ3) is 2.67. The van der Waals surface area contributed by atoms with Crippen molar-refractivity contribution in [1.82, 2.24) is 0 Å². The quantitative estimate of drug-likeness (QED) is 0.236. The Morgan fingerprint density at radius 1 is 0.556 bits per heavy atom. The highest BCUT2D eigenvalue weighted by atomic mass is 16.3. The van der Waals surface area contributed by atoms with Crippen LogP contribution >= 0.6 is 0 Å². The molecule has 0 N–H and O–H groups in total. The van der Waals surface area contributed by atoms with Crippen molar-refractivity contribution < 1.29 is 19.8 Å². The van der Waals surface area contributed by atoms with E-state index in [1.54, 1.807) is 42.7 Å². The van der Waals surface area contributed by atoms with Gasteiger partial charge in [0.1, 0.15) is 16.7 Å². The van der Waals surface area contributed by atoms with Crippen molar-refractivity contribution in [2.45, 2.75) is 0 Å². The van der Waals surface area contributed by atoms with Gasteiger partial charge >= 0.3 is 0 Å². The van der Waals surface area contributed by atoms with Gasteiger partial charge in [-0.2, -0.15) is 0 Å². The topological polar surface area (TPSA) is 26.3 Å². The van der Waals surface area contributed by atoms with Crippen molar-refractivity contribution in [3.05, 3.63) is 121 Å². The van der Waals surface area contributed by atoms with Crippen LogP contribution in [0.5, 0.6) is 0 Å². The Hall–Kier alpha value is -4.82. The van der Waals surface area contributed by atoms with Crippen LogP contribution in [0.4, 0.5) is 0 Å². The van der Waals surface area contributed by atoms with Gasteiger partial charge in [-0.25, -0.2) is 0 Å². The number of fused-ring (bicyclic) bond motifs is 7. The summed E-state index contributed by atoms with van der Waals surface area (Å²) in [6.45, 7) is 0. The van der Waals surface area contributed by atoms with Crippen LogP contribution in [0.2, 0.25) is 0 Å². The molecule has 8 aromatic rings. The average Bonchev–Trinajstić information content (AvgIpc) is 3.67. The fourth-order valence-corrected chi connectivity index (χ4v) is 5.25. The highest BCUT2D eigenvalue weighted by Crippen LogP contribution is 2.45. The van der Waals surface area contributed by atoms with Crippen molar-refractivity contribution in [2.24, 2.45) is 0 Å². The molecule has 0 aliphatic carbocycles. The smallest absolute Gasteiger partial charge is 0.145 e. The highest BCUT2D eigenvalue weighted by molar-refractivity contribution is 6.23. The molecule has 36 heavy (non-hydrogen) atoms. The molecule has 2 heterocycles. The van der Waals surface area contributed by atoms with Gasteiger partial charge in [-0.3, -0.25) is 0 Å². The lowest BCUT2D eigenvalue weighted by Crippen LogP contribution is -1.90. The van der Waals surface area contributed by atoms with E-state index in [1.807, 2.05) is 30.3 Å². The van der Waals surface area contributed by atoms with Gasteiger partial charge in [-0.1, -0.05) is 84.7 Å².